The first-order chi connectivity index (χ1) is 13.1. The van der Waals surface area contributed by atoms with Crippen LogP contribution in [0, 0.1) is 13.8 Å². The van der Waals surface area contributed by atoms with Crippen molar-refractivity contribution in [2.45, 2.75) is 20.8 Å². The summed E-state index contributed by atoms with van der Waals surface area (Å²) in [6.07, 6.45) is 0. The van der Waals surface area contributed by atoms with Crippen LogP contribution >= 0.6 is 11.3 Å². The molecule has 4 nitrogen and oxygen atoms in total. The van der Waals surface area contributed by atoms with Gasteiger partial charge in [-0.05, 0) is 36.7 Å². The molecule has 0 N–H and O–H groups in total. The lowest BCUT2D eigenvalue weighted by Gasteiger charge is -2.33. The summed E-state index contributed by atoms with van der Waals surface area (Å²) in [6, 6.07) is 12.7. The van der Waals surface area contributed by atoms with E-state index in [-0.39, 0.29) is 5.91 Å². The third-order valence-corrected chi connectivity index (χ3v) is 6.65. The summed E-state index contributed by atoms with van der Waals surface area (Å²) in [5.41, 5.74) is 3.20. The summed E-state index contributed by atoms with van der Waals surface area (Å²) in [6.45, 7) is 10.8. The molecule has 1 fully saturated rings. The highest BCUT2D eigenvalue weighted by molar-refractivity contribution is 7.17. The third kappa shape index (κ3) is 3.37. The Kier molecular flexibility index (Phi) is 4.98. The van der Waals surface area contributed by atoms with Crippen molar-refractivity contribution in [2.24, 2.45) is 0 Å². The monoisotopic (exact) mass is 379 g/mol. The minimum Gasteiger partial charge on any atom is -0.335 e. The van der Waals surface area contributed by atoms with Crippen LogP contribution in [0.15, 0.2) is 36.4 Å². The van der Waals surface area contributed by atoms with Gasteiger partial charge in [-0.1, -0.05) is 43.3 Å². The van der Waals surface area contributed by atoms with E-state index in [4.69, 9.17) is 4.98 Å². The van der Waals surface area contributed by atoms with Crippen molar-refractivity contribution in [1.29, 1.82) is 0 Å². The average molecular weight is 380 g/mol. The van der Waals surface area contributed by atoms with Gasteiger partial charge >= 0.3 is 0 Å². The first-order valence-electron chi connectivity index (χ1n) is 9.56. The maximum absolute atomic E-state index is 13.1. The summed E-state index contributed by atoms with van der Waals surface area (Å²) in [5, 5.41) is 3.37. The number of nitrogens with zero attached hydrogens (tertiary/aromatic N) is 3. The Labute approximate surface area is 164 Å². The molecule has 0 spiro atoms. The number of benzene rings is 2. The smallest absolute Gasteiger partial charge is 0.265 e. The lowest BCUT2D eigenvalue weighted by molar-refractivity contribution is 0.0647. The number of hydrogen-bond donors (Lipinski definition) is 0. The first-order valence-corrected chi connectivity index (χ1v) is 10.4. The summed E-state index contributed by atoms with van der Waals surface area (Å²) < 4.78 is 0. The molecule has 3 aromatic rings. The second-order valence-corrected chi connectivity index (χ2v) is 8.13. The number of thiazole rings is 1. The average Bonchev–Trinajstić information content (AvgIpc) is 3.09. The molecular weight excluding hydrogens is 354 g/mol. The fourth-order valence-electron chi connectivity index (χ4n) is 3.76. The van der Waals surface area contributed by atoms with E-state index < -0.39 is 0 Å². The van der Waals surface area contributed by atoms with Gasteiger partial charge in [-0.25, -0.2) is 4.98 Å². The Morgan fingerprint density at radius 2 is 1.74 bits per heavy atom. The van der Waals surface area contributed by atoms with Gasteiger partial charge in [0, 0.05) is 31.7 Å². The molecule has 1 aliphatic heterocycles. The van der Waals surface area contributed by atoms with Crippen LogP contribution in [0.1, 0.15) is 27.9 Å². The molecule has 0 radical (unpaired) electrons. The molecular formula is C22H25N3OS. The van der Waals surface area contributed by atoms with E-state index in [0.29, 0.717) is 0 Å². The van der Waals surface area contributed by atoms with E-state index >= 15 is 0 Å². The zero-order valence-electron chi connectivity index (χ0n) is 16.2. The number of likely N-dealkylation sites (N-methyl/N-ethyl adjacent to an activating group) is 1. The summed E-state index contributed by atoms with van der Waals surface area (Å²) >= 11 is 1.53. The van der Waals surface area contributed by atoms with E-state index in [1.54, 1.807) is 0 Å². The second-order valence-electron chi connectivity index (χ2n) is 7.14. The lowest BCUT2D eigenvalue weighted by atomic mass is 10.0. The molecule has 1 amide bonds. The van der Waals surface area contributed by atoms with Crippen molar-refractivity contribution in [2.75, 3.05) is 32.7 Å². The lowest BCUT2D eigenvalue weighted by Crippen LogP contribution is -2.48. The van der Waals surface area contributed by atoms with Crippen molar-refractivity contribution in [3.05, 3.63) is 52.5 Å². The number of carbonyl (C=O) groups is 1. The minimum atomic E-state index is 0.128. The minimum absolute atomic E-state index is 0.128. The maximum atomic E-state index is 13.1. The van der Waals surface area contributed by atoms with Gasteiger partial charge in [0.25, 0.3) is 5.91 Å². The molecule has 140 valence electrons. The zero-order valence-corrected chi connectivity index (χ0v) is 17.0. The third-order valence-electron chi connectivity index (χ3n) is 5.47. The Morgan fingerprint density at radius 1 is 1.04 bits per heavy atom. The van der Waals surface area contributed by atoms with Crippen LogP contribution in [0.4, 0.5) is 0 Å². The highest BCUT2D eigenvalue weighted by Gasteiger charge is 2.25. The van der Waals surface area contributed by atoms with Gasteiger partial charge in [-0.2, -0.15) is 0 Å². The Hall–Kier alpha value is -2.24. The predicted octanol–water partition coefficient (Wildman–Crippen LogP) is 4.36. The van der Waals surface area contributed by atoms with E-state index in [9.17, 15) is 4.79 Å². The zero-order chi connectivity index (χ0) is 19.0. The molecule has 4 rings (SSSR count). The topological polar surface area (TPSA) is 36.4 Å². The van der Waals surface area contributed by atoms with Gasteiger partial charge in [0.05, 0.1) is 5.69 Å². The molecule has 27 heavy (non-hydrogen) atoms. The molecule has 0 bridgehead atoms. The number of hydrogen-bond acceptors (Lipinski definition) is 4. The number of rotatable bonds is 3. The highest BCUT2D eigenvalue weighted by Crippen LogP contribution is 2.35. The van der Waals surface area contributed by atoms with E-state index in [1.165, 1.54) is 27.7 Å². The fraction of sp³-hybridized carbons (Fsp3) is 0.364. The van der Waals surface area contributed by atoms with Gasteiger partial charge in [0.15, 0.2) is 0 Å². The summed E-state index contributed by atoms with van der Waals surface area (Å²) in [5.74, 6) is 0.128. The van der Waals surface area contributed by atoms with Crippen LogP contribution in [-0.2, 0) is 0 Å². The van der Waals surface area contributed by atoms with Crippen LogP contribution in [-0.4, -0.2) is 53.4 Å². The van der Waals surface area contributed by atoms with Crippen LogP contribution in [0.3, 0.4) is 0 Å². The summed E-state index contributed by atoms with van der Waals surface area (Å²) in [7, 11) is 0. The van der Waals surface area contributed by atoms with Gasteiger partial charge in [0.1, 0.15) is 9.88 Å². The molecule has 0 aliphatic carbocycles. The Balaban J connectivity index is 1.67. The van der Waals surface area contributed by atoms with E-state index in [1.807, 2.05) is 11.8 Å². The summed E-state index contributed by atoms with van der Waals surface area (Å²) in [4.78, 5) is 23.0. The number of amides is 1. The molecule has 1 saturated heterocycles. The van der Waals surface area contributed by atoms with Gasteiger partial charge in [0.2, 0.25) is 0 Å². The van der Waals surface area contributed by atoms with Gasteiger partial charge in [-0.3, -0.25) is 4.79 Å². The van der Waals surface area contributed by atoms with E-state index in [2.05, 4.69) is 55.1 Å². The van der Waals surface area contributed by atoms with Crippen molar-refractivity contribution in [1.82, 2.24) is 14.8 Å². The predicted molar refractivity (Wildman–Crippen MR) is 113 cm³/mol. The number of aryl methyl sites for hydroxylation is 2. The molecule has 0 saturated carbocycles. The highest BCUT2D eigenvalue weighted by atomic mass is 32.1. The van der Waals surface area contributed by atoms with Crippen LogP contribution < -0.4 is 0 Å². The number of fused-ring (bicyclic) bond motifs is 1. The fourth-order valence-corrected chi connectivity index (χ4v) is 4.83. The largest absolute Gasteiger partial charge is 0.335 e. The Bertz CT molecular complexity index is 986. The van der Waals surface area contributed by atoms with Gasteiger partial charge in [-0.15, -0.1) is 11.3 Å². The number of piperazine rings is 1. The first kappa shape index (κ1) is 18.1. The maximum Gasteiger partial charge on any atom is 0.265 e. The number of aromatic nitrogens is 1. The molecule has 0 unspecified atom stereocenters. The molecule has 0 atom stereocenters. The van der Waals surface area contributed by atoms with E-state index in [0.717, 1.165) is 53.9 Å². The molecule has 2 aromatic carbocycles. The molecule has 2 heterocycles. The van der Waals surface area contributed by atoms with Crippen molar-refractivity contribution >= 4 is 28.0 Å². The van der Waals surface area contributed by atoms with Crippen molar-refractivity contribution in [3.8, 4) is 10.6 Å². The second kappa shape index (κ2) is 7.41. The Morgan fingerprint density at radius 3 is 2.44 bits per heavy atom. The van der Waals surface area contributed by atoms with Gasteiger partial charge < -0.3 is 9.80 Å². The van der Waals surface area contributed by atoms with Crippen LogP contribution in [0.2, 0.25) is 0 Å². The van der Waals surface area contributed by atoms with Crippen molar-refractivity contribution < 1.29 is 4.79 Å². The molecule has 1 aliphatic rings. The van der Waals surface area contributed by atoms with Crippen LogP contribution in [0.25, 0.3) is 21.3 Å². The number of carbonyl (C=O) groups excluding carboxylic acids is 1. The van der Waals surface area contributed by atoms with Crippen LogP contribution in [0.5, 0.6) is 0 Å². The normalized spacial score (nSPS) is 15.4. The molecule has 5 heteroatoms. The van der Waals surface area contributed by atoms with Crippen molar-refractivity contribution in [3.63, 3.8) is 0 Å². The standard InChI is InChI=1S/C22H25N3OS/c1-4-24-11-13-25(14-12-24)22(26)20-16(3)23-21(27-20)19-10-9-15(2)17-7-5-6-8-18(17)19/h5-10H,4,11-14H2,1-3H3. The molecule has 1 aromatic heterocycles. The SMILES string of the molecule is CCN1CCN(C(=O)c2sc(-c3ccc(C)c4ccccc34)nc2C)CC1. The quantitative estimate of drug-likeness (QED) is 0.678.